The van der Waals surface area contributed by atoms with Gasteiger partial charge in [0.1, 0.15) is 27.8 Å². The van der Waals surface area contributed by atoms with E-state index < -0.39 is 0 Å². The van der Waals surface area contributed by atoms with Crippen LogP contribution in [0.5, 0.6) is 0 Å². The first kappa shape index (κ1) is 12.1. The second-order valence-electron chi connectivity index (χ2n) is 3.71. The van der Waals surface area contributed by atoms with Gasteiger partial charge >= 0.3 is 0 Å². The number of hydrogen-bond acceptors (Lipinski definition) is 4. The van der Waals surface area contributed by atoms with Crippen molar-refractivity contribution in [2.75, 3.05) is 5.32 Å². The van der Waals surface area contributed by atoms with Crippen LogP contribution in [0, 0.1) is 6.92 Å². The summed E-state index contributed by atoms with van der Waals surface area (Å²) >= 11 is 3.37. The number of nitrogens with one attached hydrogen (secondary N) is 1. The van der Waals surface area contributed by atoms with Gasteiger partial charge in [-0.05, 0) is 35.0 Å². The molecule has 0 saturated heterocycles. The normalized spacial score (nSPS) is 10.5. The molecule has 0 bridgehead atoms. The van der Waals surface area contributed by atoms with Crippen LogP contribution >= 0.6 is 15.9 Å². The molecule has 2 aromatic rings. The third kappa shape index (κ3) is 3.30. The van der Waals surface area contributed by atoms with Crippen molar-refractivity contribution < 1.29 is 4.42 Å². The third-order valence-electron chi connectivity index (χ3n) is 2.30. The molecule has 4 nitrogen and oxygen atoms in total. The van der Waals surface area contributed by atoms with E-state index in [4.69, 9.17) is 4.42 Å². The quantitative estimate of drug-likeness (QED) is 0.879. The van der Waals surface area contributed by atoms with E-state index >= 15 is 0 Å². The molecule has 0 unspecified atom stereocenters. The van der Waals surface area contributed by atoms with Crippen molar-refractivity contribution in [1.29, 1.82) is 0 Å². The first-order valence-corrected chi connectivity index (χ1v) is 6.29. The van der Waals surface area contributed by atoms with E-state index in [1.807, 2.05) is 32.0 Å². The Kier molecular flexibility index (Phi) is 3.78. The number of aryl methyl sites for hydroxylation is 2. The molecule has 0 aliphatic carbocycles. The number of aromatic nitrogens is 2. The van der Waals surface area contributed by atoms with Gasteiger partial charge in [-0.25, -0.2) is 9.97 Å². The Morgan fingerprint density at radius 1 is 1.35 bits per heavy atom. The summed E-state index contributed by atoms with van der Waals surface area (Å²) in [5, 5.41) is 3.21. The largest absolute Gasteiger partial charge is 0.465 e. The lowest BCUT2D eigenvalue weighted by Gasteiger charge is -2.05. The summed E-state index contributed by atoms with van der Waals surface area (Å²) in [5.41, 5.74) is 0. The SMILES string of the molecule is CCc1nc(Br)cc(NCc2ccc(C)o2)n1. The number of hydrogen-bond donors (Lipinski definition) is 1. The molecule has 1 N–H and O–H groups in total. The standard InChI is InChI=1S/C12H14BrN3O/c1-3-11-15-10(13)6-12(16-11)14-7-9-5-4-8(2)17-9/h4-6H,3,7H2,1-2H3,(H,14,15,16). The highest BCUT2D eigenvalue weighted by Gasteiger charge is 2.03. The van der Waals surface area contributed by atoms with Crippen molar-refractivity contribution in [3.63, 3.8) is 0 Å². The van der Waals surface area contributed by atoms with Gasteiger partial charge in [0.15, 0.2) is 0 Å². The van der Waals surface area contributed by atoms with Crippen molar-refractivity contribution in [1.82, 2.24) is 9.97 Å². The first-order valence-electron chi connectivity index (χ1n) is 5.50. The molecule has 2 rings (SSSR count). The van der Waals surface area contributed by atoms with E-state index in [9.17, 15) is 0 Å². The summed E-state index contributed by atoms with van der Waals surface area (Å²) in [7, 11) is 0. The Morgan fingerprint density at radius 2 is 2.18 bits per heavy atom. The predicted molar refractivity (Wildman–Crippen MR) is 69.9 cm³/mol. The van der Waals surface area contributed by atoms with Crippen LogP contribution in [0.15, 0.2) is 27.2 Å². The van der Waals surface area contributed by atoms with Crippen LogP contribution in [0.3, 0.4) is 0 Å². The molecule has 0 fully saturated rings. The van der Waals surface area contributed by atoms with Gasteiger partial charge in [-0.1, -0.05) is 6.92 Å². The maximum Gasteiger partial charge on any atom is 0.131 e. The van der Waals surface area contributed by atoms with Crippen molar-refractivity contribution in [2.45, 2.75) is 26.8 Å². The molecule has 0 amide bonds. The van der Waals surface area contributed by atoms with E-state index in [-0.39, 0.29) is 0 Å². The van der Waals surface area contributed by atoms with Gasteiger partial charge in [0.2, 0.25) is 0 Å². The van der Waals surface area contributed by atoms with Crippen LogP contribution < -0.4 is 5.32 Å². The fraction of sp³-hybridized carbons (Fsp3) is 0.333. The van der Waals surface area contributed by atoms with Crippen molar-refractivity contribution in [3.05, 3.63) is 40.1 Å². The highest BCUT2D eigenvalue weighted by molar-refractivity contribution is 9.10. The smallest absolute Gasteiger partial charge is 0.131 e. The Bertz CT molecular complexity index is 510. The van der Waals surface area contributed by atoms with E-state index in [0.29, 0.717) is 6.54 Å². The molecule has 0 spiro atoms. The average molecular weight is 296 g/mol. The summed E-state index contributed by atoms with van der Waals surface area (Å²) in [6.45, 7) is 4.59. The van der Waals surface area contributed by atoms with Gasteiger partial charge < -0.3 is 9.73 Å². The Balaban J connectivity index is 2.05. The lowest BCUT2D eigenvalue weighted by molar-refractivity contribution is 0.490. The van der Waals surface area contributed by atoms with Gasteiger partial charge in [0, 0.05) is 12.5 Å². The average Bonchev–Trinajstić information content (AvgIpc) is 2.72. The molecule has 17 heavy (non-hydrogen) atoms. The minimum absolute atomic E-state index is 0.625. The minimum atomic E-state index is 0.625. The number of furan rings is 1. The number of anilines is 1. The molecular formula is C12H14BrN3O. The molecule has 2 aromatic heterocycles. The zero-order valence-electron chi connectivity index (χ0n) is 9.83. The number of rotatable bonds is 4. The topological polar surface area (TPSA) is 51.0 Å². The molecule has 0 aliphatic rings. The van der Waals surface area contributed by atoms with E-state index in [2.05, 4.69) is 31.2 Å². The van der Waals surface area contributed by atoms with E-state index in [1.54, 1.807) is 0 Å². The molecule has 0 aliphatic heterocycles. The van der Waals surface area contributed by atoms with E-state index in [1.165, 1.54) is 0 Å². The summed E-state index contributed by atoms with van der Waals surface area (Å²) < 4.78 is 6.27. The van der Waals surface area contributed by atoms with Crippen LogP contribution in [-0.4, -0.2) is 9.97 Å². The summed E-state index contributed by atoms with van der Waals surface area (Å²) in [4.78, 5) is 8.63. The molecule has 90 valence electrons. The molecule has 0 radical (unpaired) electrons. The van der Waals surface area contributed by atoms with Crippen LogP contribution in [0.4, 0.5) is 5.82 Å². The predicted octanol–water partition coefficient (Wildman–Crippen LogP) is 3.32. The summed E-state index contributed by atoms with van der Waals surface area (Å²) in [6.07, 6.45) is 0.813. The maximum absolute atomic E-state index is 5.47. The minimum Gasteiger partial charge on any atom is -0.465 e. The van der Waals surface area contributed by atoms with E-state index in [0.717, 1.165) is 34.2 Å². The highest BCUT2D eigenvalue weighted by atomic mass is 79.9. The zero-order valence-corrected chi connectivity index (χ0v) is 11.4. The molecular weight excluding hydrogens is 282 g/mol. The molecule has 2 heterocycles. The van der Waals surface area contributed by atoms with Crippen LogP contribution in [0.1, 0.15) is 24.3 Å². The maximum atomic E-state index is 5.47. The summed E-state index contributed by atoms with van der Waals surface area (Å²) in [6, 6.07) is 5.76. The van der Waals surface area contributed by atoms with Crippen molar-refractivity contribution >= 4 is 21.7 Å². The second kappa shape index (κ2) is 5.31. The van der Waals surface area contributed by atoms with Crippen LogP contribution in [0.25, 0.3) is 0 Å². The highest BCUT2D eigenvalue weighted by Crippen LogP contribution is 2.14. The fourth-order valence-electron chi connectivity index (χ4n) is 1.47. The lowest BCUT2D eigenvalue weighted by Crippen LogP contribution is -2.03. The van der Waals surface area contributed by atoms with Crippen LogP contribution in [-0.2, 0) is 13.0 Å². The number of nitrogens with zero attached hydrogens (tertiary/aromatic N) is 2. The zero-order chi connectivity index (χ0) is 12.3. The molecule has 0 atom stereocenters. The second-order valence-corrected chi connectivity index (χ2v) is 4.52. The monoisotopic (exact) mass is 295 g/mol. The lowest BCUT2D eigenvalue weighted by atomic mass is 10.4. The van der Waals surface area contributed by atoms with Crippen molar-refractivity contribution in [3.8, 4) is 0 Å². The van der Waals surface area contributed by atoms with Gasteiger partial charge in [-0.2, -0.15) is 0 Å². The van der Waals surface area contributed by atoms with Crippen molar-refractivity contribution in [2.24, 2.45) is 0 Å². The number of halogens is 1. The van der Waals surface area contributed by atoms with Gasteiger partial charge in [0.05, 0.1) is 6.54 Å². The Labute approximate surface area is 109 Å². The molecule has 0 saturated carbocycles. The van der Waals surface area contributed by atoms with Gasteiger partial charge in [-0.15, -0.1) is 0 Å². The fourth-order valence-corrected chi connectivity index (χ4v) is 1.89. The summed E-state index contributed by atoms with van der Waals surface area (Å²) in [5.74, 6) is 3.44. The third-order valence-corrected chi connectivity index (χ3v) is 2.70. The first-order chi connectivity index (χ1) is 8.17. The Hall–Kier alpha value is -1.36. The Morgan fingerprint density at radius 3 is 2.82 bits per heavy atom. The molecule has 0 aromatic carbocycles. The molecule has 5 heteroatoms. The van der Waals surface area contributed by atoms with Gasteiger partial charge in [0.25, 0.3) is 0 Å². The van der Waals surface area contributed by atoms with Crippen LogP contribution in [0.2, 0.25) is 0 Å². The van der Waals surface area contributed by atoms with Gasteiger partial charge in [-0.3, -0.25) is 0 Å².